The van der Waals surface area contributed by atoms with Crippen LogP contribution in [0.5, 0.6) is 0 Å². The zero-order valence-corrected chi connectivity index (χ0v) is 12.2. The van der Waals surface area contributed by atoms with Crippen LogP contribution in [0.15, 0.2) is 48.7 Å². The highest BCUT2D eigenvalue weighted by Gasteiger charge is 2.13. The SMILES string of the molecule is CN(C)c1ccc(NC(=O)CC(O)c2ccccc2)nc1. The van der Waals surface area contributed by atoms with Crippen molar-refractivity contribution >= 4 is 17.4 Å². The molecule has 0 aliphatic carbocycles. The number of hydrogen-bond acceptors (Lipinski definition) is 4. The number of aliphatic hydroxyl groups is 1. The van der Waals surface area contributed by atoms with E-state index < -0.39 is 6.10 Å². The van der Waals surface area contributed by atoms with Crippen molar-refractivity contribution in [2.75, 3.05) is 24.3 Å². The average Bonchev–Trinajstić information content (AvgIpc) is 2.48. The third kappa shape index (κ3) is 4.29. The summed E-state index contributed by atoms with van der Waals surface area (Å²) in [6.07, 6.45) is 0.872. The van der Waals surface area contributed by atoms with Crippen LogP contribution in [-0.2, 0) is 4.79 Å². The molecule has 0 fully saturated rings. The highest BCUT2D eigenvalue weighted by molar-refractivity contribution is 5.90. The third-order valence-electron chi connectivity index (χ3n) is 3.09. The summed E-state index contributed by atoms with van der Waals surface area (Å²) in [5.41, 5.74) is 1.68. The summed E-state index contributed by atoms with van der Waals surface area (Å²) in [7, 11) is 3.84. The first-order chi connectivity index (χ1) is 10.1. The van der Waals surface area contributed by atoms with Crippen LogP contribution in [0.1, 0.15) is 18.1 Å². The van der Waals surface area contributed by atoms with E-state index in [0.717, 1.165) is 11.3 Å². The van der Waals surface area contributed by atoms with E-state index in [1.165, 1.54) is 0 Å². The molecular weight excluding hydrogens is 266 g/mol. The third-order valence-corrected chi connectivity index (χ3v) is 3.09. The molecule has 5 nitrogen and oxygen atoms in total. The van der Waals surface area contributed by atoms with Gasteiger partial charge in [-0.15, -0.1) is 0 Å². The van der Waals surface area contributed by atoms with Gasteiger partial charge in [-0.05, 0) is 17.7 Å². The molecule has 110 valence electrons. The van der Waals surface area contributed by atoms with Gasteiger partial charge < -0.3 is 15.3 Å². The van der Waals surface area contributed by atoms with Crippen LogP contribution in [0.2, 0.25) is 0 Å². The van der Waals surface area contributed by atoms with Crippen LogP contribution < -0.4 is 10.2 Å². The van der Waals surface area contributed by atoms with Crippen LogP contribution in [-0.4, -0.2) is 30.1 Å². The predicted molar refractivity (Wildman–Crippen MR) is 83.2 cm³/mol. The summed E-state index contributed by atoms with van der Waals surface area (Å²) in [5.74, 6) is 0.210. The fraction of sp³-hybridized carbons (Fsp3) is 0.250. The molecule has 21 heavy (non-hydrogen) atoms. The number of aliphatic hydroxyl groups excluding tert-OH is 1. The van der Waals surface area contributed by atoms with Gasteiger partial charge >= 0.3 is 0 Å². The van der Waals surface area contributed by atoms with Crippen molar-refractivity contribution in [2.24, 2.45) is 0 Å². The minimum atomic E-state index is -0.813. The van der Waals surface area contributed by atoms with E-state index in [9.17, 15) is 9.90 Å². The fourth-order valence-electron chi connectivity index (χ4n) is 1.89. The zero-order chi connectivity index (χ0) is 15.2. The number of rotatable bonds is 5. The van der Waals surface area contributed by atoms with Gasteiger partial charge in [0, 0.05) is 14.1 Å². The molecule has 0 bridgehead atoms. The maximum absolute atomic E-state index is 11.9. The number of hydrogen-bond donors (Lipinski definition) is 2. The first kappa shape index (κ1) is 15.0. The Morgan fingerprint density at radius 1 is 1.24 bits per heavy atom. The van der Waals surface area contributed by atoms with Gasteiger partial charge in [-0.1, -0.05) is 30.3 Å². The van der Waals surface area contributed by atoms with E-state index in [0.29, 0.717) is 5.82 Å². The lowest BCUT2D eigenvalue weighted by atomic mass is 10.1. The van der Waals surface area contributed by atoms with Gasteiger partial charge in [-0.3, -0.25) is 4.79 Å². The van der Waals surface area contributed by atoms with Crippen LogP contribution in [0.4, 0.5) is 11.5 Å². The molecule has 0 aliphatic heterocycles. The topological polar surface area (TPSA) is 65.5 Å². The molecule has 0 saturated carbocycles. The summed E-state index contributed by atoms with van der Waals surface area (Å²) >= 11 is 0. The van der Waals surface area contributed by atoms with Crippen molar-refractivity contribution in [3.8, 4) is 0 Å². The summed E-state index contributed by atoms with van der Waals surface area (Å²) in [5, 5.41) is 12.7. The lowest BCUT2D eigenvalue weighted by molar-refractivity contribution is -0.118. The second-order valence-electron chi connectivity index (χ2n) is 4.97. The average molecular weight is 285 g/mol. The normalized spacial score (nSPS) is 11.8. The summed E-state index contributed by atoms with van der Waals surface area (Å²) < 4.78 is 0. The summed E-state index contributed by atoms with van der Waals surface area (Å²) in [6, 6.07) is 12.7. The number of pyridine rings is 1. The molecular formula is C16H19N3O2. The van der Waals surface area contributed by atoms with E-state index >= 15 is 0 Å². The van der Waals surface area contributed by atoms with Crippen LogP contribution in [0.25, 0.3) is 0 Å². The van der Waals surface area contributed by atoms with E-state index in [1.54, 1.807) is 24.4 Å². The second kappa shape index (κ2) is 6.85. The molecule has 1 heterocycles. The van der Waals surface area contributed by atoms with Crippen LogP contribution in [0, 0.1) is 0 Å². The molecule has 2 N–H and O–H groups in total. The van der Waals surface area contributed by atoms with Crippen molar-refractivity contribution in [3.05, 3.63) is 54.2 Å². The van der Waals surface area contributed by atoms with Crippen molar-refractivity contribution in [2.45, 2.75) is 12.5 Å². The summed E-state index contributed by atoms with van der Waals surface area (Å²) in [4.78, 5) is 18.0. The number of benzene rings is 1. The van der Waals surface area contributed by atoms with Crippen LogP contribution in [0.3, 0.4) is 0 Å². The van der Waals surface area contributed by atoms with Gasteiger partial charge in [-0.2, -0.15) is 0 Å². The Morgan fingerprint density at radius 3 is 2.52 bits per heavy atom. The number of carbonyl (C=O) groups is 1. The molecule has 1 aromatic carbocycles. The van der Waals surface area contributed by atoms with Crippen molar-refractivity contribution < 1.29 is 9.90 Å². The molecule has 2 rings (SSSR count). The Labute approximate surface area is 124 Å². The molecule has 1 amide bonds. The van der Waals surface area contributed by atoms with E-state index in [2.05, 4.69) is 10.3 Å². The highest BCUT2D eigenvalue weighted by Crippen LogP contribution is 2.17. The van der Waals surface area contributed by atoms with Crippen LogP contribution >= 0.6 is 0 Å². The Morgan fingerprint density at radius 2 is 1.95 bits per heavy atom. The molecule has 1 atom stereocenters. The minimum absolute atomic E-state index is 0.00112. The van der Waals surface area contributed by atoms with Crippen molar-refractivity contribution in [1.29, 1.82) is 0 Å². The van der Waals surface area contributed by atoms with E-state index in [4.69, 9.17) is 0 Å². The molecule has 2 aromatic rings. The van der Waals surface area contributed by atoms with Gasteiger partial charge in [0.1, 0.15) is 5.82 Å². The number of aromatic nitrogens is 1. The Hall–Kier alpha value is -2.40. The fourth-order valence-corrected chi connectivity index (χ4v) is 1.89. The quantitative estimate of drug-likeness (QED) is 0.884. The number of nitrogens with one attached hydrogen (secondary N) is 1. The number of anilines is 2. The Bertz CT molecular complexity index is 582. The van der Waals surface area contributed by atoms with Crippen molar-refractivity contribution in [3.63, 3.8) is 0 Å². The van der Waals surface area contributed by atoms with Gasteiger partial charge in [-0.25, -0.2) is 4.98 Å². The largest absolute Gasteiger partial charge is 0.388 e. The van der Waals surface area contributed by atoms with Gasteiger partial charge in [0.2, 0.25) is 5.91 Å². The number of amides is 1. The first-order valence-electron chi connectivity index (χ1n) is 6.72. The monoisotopic (exact) mass is 285 g/mol. The van der Waals surface area contributed by atoms with Gasteiger partial charge in [0.15, 0.2) is 0 Å². The molecule has 0 spiro atoms. The number of nitrogens with zero attached hydrogens (tertiary/aromatic N) is 2. The lowest BCUT2D eigenvalue weighted by Gasteiger charge is -2.13. The van der Waals surface area contributed by atoms with Crippen molar-refractivity contribution in [1.82, 2.24) is 4.98 Å². The van der Waals surface area contributed by atoms with Gasteiger partial charge in [0.25, 0.3) is 0 Å². The lowest BCUT2D eigenvalue weighted by Crippen LogP contribution is -2.16. The summed E-state index contributed by atoms with van der Waals surface area (Å²) in [6.45, 7) is 0. The Kier molecular flexibility index (Phi) is 4.90. The first-order valence-corrected chi connectivity index (χ1v) is 6.72. The Balaban J connectivity index is 1.92. The molecule has 0 radical (unpaired) electrons. The van der Waals surface area contributed by atoms with E-state index in [1.807, 2.05) is 43.3 Å². The predicted octanol–water partition coefficient (Wildman–Crippen LogP) is 2.21. The molecule has 1 unspecified atom stereocenters. The molecule has 1 aromatic heterocycles. The smallest absolute Gasteiger partial charge is 0.228 e. The molecule has 0 saturated heterocycles. The molecule has 0 aliphatic rings. The minimum Gasteiger partial charge on any atom is -0.388 e. The second-order valence-corrected chi connectivity index (χ2v) is 4.97. The highest BCUT2D eigenvalue weighted by atomic mass is 16.3. The maximum Gasteiger partial charge on any atom is 0.228 e. The maximum atomic E-state index is 11.9. The number of carbonyl (C=O) groups excluding carboxylic acids is 1. The molecule has 5 heteroatoms. The van der Waals surface area contributed by atoms with Gasteiger partial charge in [0.05, 0.1) is 24.4 Å². The van der Waals surface area contributed by atoms with E-state index in [-0.39, 0.29) is 12.3 Å². The zero-order valence-electron chi connectivity index (χ0n) is 12.2. The standard InChI is InChI=1S/C16H19N3O2/c1-19(2)13-8-9-15(17-11-13)18-16(21)10-14(20)12-6-4-3-5-7-12/h3-9,11,14,20H,10H2,1-2H3,(H,17,18,21).